The molecule has 2 heterocycles. The van der Waals surface area contributed by atoms with Gasteiger partial charge in [0, 0.05) is 23.5 Å². The van der Waals surface area contributed by atoms with Gasteiger partial charge in [0.1, 0.15) is 5.82 Å². The first-order chi connectivity index (χ1) is 9.97. The van der Waals surface area contributed by atoms with Crippen LogP contribution in [0, 0.1) is 12.7 Å². The minimum Gasteiger partial charge on any atom is -0.323 e. The summed E-state index contributed by atoms with van der Waals surface area (Å²) in [5.41, 5.74) is 7.10. The number of nitrogens with one attached hydrogen (secondary N) is 1. The fraction of sp³-hybridized carbons (Fsp3) is 0.200. The lowest BCUT2D eigenvalue weighted by atomic mass is 10.1. The molecule has 5 nitrogen and oxygen atoms in total. The summed E-state index contributed by atoms with van der Waals surface area (Å²) in [6, 6.07) is 7.33. The molecule has 108 valence electrons. The molecule has 3 rings (SSSR count). The van der Waals surface area contributed by atoms with Crippen molar-refractivity contribution in [3.05, 3.63) is 57.9 Å². The second-order valence-electron chi connectivity index (χ2n) is 5.14. The summed E-state index contributed by atoms with van der Waals surface area (Å²) >= 11 is 0. The summed E-state index contributed by atoms with van der Waals surface area (Å²) in [5, 5.41) is 7.87. The van der Waals surface area contributed by atoms with Gasteiger partial charge in [0.2, 0.25) is 0 Å². The molecule has 0 aliphatic heterocycles. The molecule has 0 fully saturated rings. The van der Waals surface area contributed by atoms with Crippen LogP contribution in [0.5, 0.6) is 0 Å². The van der Waals surface area contributed by atoms with Crippen molar-refractivity contribution in [1.29, 1.82) is 0 Å². The summed E-state index contributed by atoms with van der Waals surface area (Å²) in [6.07, 6.45) is 0. The van der Waals surface area contributed by atoms with Crippen LogP contribution in [0.4, 0.5) is 4.39 Å². The Morgan fingerprint density at radius 3 is 2.71 bits per heavy atom. The van der Waals surface area contributed by atoms with Gasteiger partial charge in [0.25, 0.3) is 5.56 Å². The minimum atomic E-state index is -0.446. The van der Waals surface area contributed by atoms with Crippen molar-refractivity contribution < 1.29 is 4.39 Å². The van der Waals surface area contributed by atoms with Gasteiger partial charge in [-0.1, -0.05) is 6.07 Å². The molecular weight excluding hydrogens is 271 g/mol. The van der Waals surface area contributed by atoms with Crippen molar-refractivity contribution >= 4 is 10.8 Å². The number of aromatic nitrogens is 3. The molecule has 0 radical (unpaired) electrons. The van der Waals surface area contributed by atoms with E-state index >= 15 is 0 Å². The standard InChI is InChI=1S/C15H15FN4O/c1-8-5-14(19-18-8)20-13(9(2)17)6-10-3-4-11(16)7-12(10)15(20)21/h3-7,9H,17H2,1-2H3,(H,18,19). The van der Waals surface area contributed by atoms with E-state index in [0.717, 1.165) is 5.69 Å². The lowest BCUT2D eigenvalue weighted by Gasteiger charge is -2.15. The first-order valence-corrected chi connectivity index (χ1v) is 6.60. The maximum absolute atomic E-state index is 13.4. The molecule has 21 heavy (non-hydrogen) atoms. The van der Waals surface area contributed by atoms with Gasteiger partial charge in [0.15, 0.2) is 5.82 Å². The number of hydrogen-bond acceptors (Lipinski definition) is 3. The Morgan fingerprint density at radius 1 is 1.33 bits per heavy atom. The SMILES string of the molecule is Cc1cc(-n2c(C(C)N)cc3ccc(F)cc3c2=O)n[nH]1. The van der Waals surface area contributed by atoms with Crippen LogP contribution in [0.25, 0.3) is 16.6 Å². The number of nitrogens with two attached hydrogens (primary N) is 1. The zero-order valence-electron chi connectivity index (χ0n) is 11.7. The van der Waals surface area contributed by atoms with Crippen LogP contribution in [-0.4, -0.2) is 14.8 Å². The highest BCUT2D eigenvalue weighted by Crippen LogP contribution is 2.20. The molecule has 0 bridgehead atoms. The second kappa shape index (κ2) is 4.82. The van der Waals surface area contributed by atoms with Crippen LogP contribution in [0.3, 0.4) is 0 Å². The summed E-state index contributed by atoms with van der Waals surface area (Å²) < 4.78 is 14.8. The van der Waals surface area contributed by atoms with Gasteiger partial charge in [-0.05, 0) is 37.4 Å². The predicted molar refractivity (Wildman–Crippen MR) is 79.0 cm³/mol. The third kappa shape index (κ3) is 2.23. The zero-order valence-corrected chi connectivity index (χ0v) is 11.7. The molecule has 0 saturated heterocycles. The monoisotopic (exact) mass is 286 g/mol. The molecule has 1 unspecified atom stereocenters. The van der Waals surface area contributed by atoms with E-state index in [-0.39, 0.29) is 11.6 Å². The van der Waals surface area contributed by atoms with Crippen LogP contribution in [-0.2, 0) is 0 Å². The maximum atomic E-state index is 13.4. The Labute approximate surface area is 120 Å². The molecule has 1 aromatic carbocycles. The molecule has 3 N–H and O–H groups in total. The van der Waals surface area contributed by atoms with Gasteiger partial charge in [-0.2, -0.15) is 5.10 Å². The predicted octanol–water partition coefficient (Wildman–Crippen LogP) is 2.18. The van der Waals surface area contributed by atoms with Crippen molar-refractivity contribution in [2.75, 3.05) is 0 Å². The van der Waals surface area contributed by atoms with Crippen LogP contribution >= 0.6 is 0 Å². The highest BCUT2D eigenvalue weighted by atomic mass is 19.1. The third-order valence-corrected chi connectivity index (χ3v) is 3.40. The molecule has 2 aromatic heterocycles. The zero-order chi connectivity index (χ0) is 15.1. The number of benzene rings is 1. The highest BCUT2D eigenvalue weighted by Gasteiger charge is 2.16. The first kappa shape index (κ1) is 13.5. The molecule has 0 aliphatic rings. The van der Waals surface area contributed by atoms with E-state index in [1.807, 2.05) is 6.92 Å². The molecule has 0 aliphatic carbocycles. The topological polar surface area (TPSA) is 76.7 Å². The molecule has 3 aromatic rings. The smallest absolute Gasteiger partial charge is 0.264 e. The summed E-state index contributed by atoms with van der Waals surface area (Å²) in [6.45, 7) is 3.63. The number of halogens is 1. The van der Waals surface area contributed by atoms with Crippen molar-refractivity contribution in [3.8, 4) is 5.82 Å². The Hall–Kier alpha value is -2.47. The maximum Gasteiger partial charge on any atom is 0.264 e. The van der Waals surface area contributed by atoms with E-state index in [1.165, 1.54) is 16.7 Å². The summed E-state index contributed by atoms with van der Waals surface area (Å²) in [4.78, 5) is 12.7. The number of hydrogen-bond donors (Lipinski definition) is 2. The highest BCUT2D eigenvalue weighted by molar-refractivity contribution is 5.82. The van der Waals surface area contributed by atoms with Crippen LogP contribution < -0.4 is 11.3 Å². The van der Waals surface area contributed by atoms with Crippen LogP contribution in [0.15, 0.2) is 35.1 Å². The van der Waals surface area contributed by atoms with Crippen LogP contribution in [0.2, 0.25) is 0 Å². The third-order valence-electron chi connectivity index (χ3n) is 3.40. The quantitative estimate of drug-likeness (QED) is 0.758. The summed E-state index contributed by atoms with van der Waals surface area (Å²) in [5.74, 6) is 0.00821. The van der Waals surface area contributed by atoms with Gasteiger partial charge in [-0.25, -0.2) is 4.39 Å². The average Bonchev–Trinajstić information content (AvgIpc) is 2.85. The normalized spacial score (nSPS) is 12.8. The molecule has 1 atom stereocenters. The van der Waals surface area contributed by atoms with Crippen molar-refractivity contribution in [2.24, 2.45) is 5.73 Å². The van der Waals surface area contributed by atoms with E-state index in [2.05, 4.69) is 10.2 Å². The Balaban J connectivity index is 2.42. The van der Waals surface area contributed by atoms with Crippen molar-refractivity contribution in [2.45, 2.75) is 19.9 Å². The van der Waals surface area contributed by atoms with Gasteiger partial charge < -0.3 is 5.73 Å². The number of H-pyrrole nitrogens is 1. The fourth-order valence-electron chi connectivity index (χ4n) is 2.39. The van der Waals surface area contributed by atoms with Crippen molar-refractivity contribution in [3.63, 3.8) is 0 Å². The van der Waals surface area contributed by atoms with E-state index in [0.29, 0.717) is 22.3 Å². The summed E-state index contributed by atoms with van der Waals surface area (Å²) in [7, 11) is 0. The molecule has 0 spiro atoms. The lowest BCUT2D eigenvalue weighted by Crippen LogP contribution is -2.26. The van der Waals surface area contributed by atoms with Gasteiger partial charge in [-0.15, -0.1) is 0 Å². The number of nitrogens with zero attached hydrogens (tertiary/aromatic N) is 2. The van der Waals surface area contributed by atoms with E-state index < -0.39 is 5.82 Å². The molecule has 6 heteroatoms. The Morgan fingerprint density at radius 2 is 2.10 bits per heavy atom. The second-order valence-corrected chi connectivity index (χ2v) is 5.14. The van der Waals surface area contributed by atoms with Gasteiger partial charge in [0.05, 0.1) is 5.39 Å². The first-order valence-electron chi connectivity index (χ1n) is 6.60. The number of aromatic amines is 1. The lowest BCUT2D eigenvalue weighted by molar-refractivity contribution is 0.629. The number of aryl methyl sites for hydroxylation is 1. The fourth-order valence-corrected chi connectivity index (χ4v) is 2.39. The minimum absolute atomic E-state index is 0.306. The largest absolute Gasteiger partial charge is 0.323 e. The number of rotatable bonds is 2. The Bertz CT molecular complexity index is 879. The van der Waals surface area contributed by atoms with Crippen LogP contribution in [0.1, 0.15) is 24.4 Å². The average molecular weight is 286 g/mol. The van der Waals surface area contributed by atoms with Crippen molar-refractivity contribution in [1.82, 2.24) is 14.8 Å². The van der Waals surface area contributed by atoms with E-state index in [1.54, 1.807) is 25.1 Å². The molecule has 0 saturated carbocycles. The van der Waals surface area contributed by atoms with Gasteiger partial charge in [-0.3, -0.25) is 14.5 Å². The molecule has 0 amide bonds. The Kier molecular flexibility index (Phi) is 3.10. The van der Waals surface area contributed by atoms with E-state index in [4.69, 9.17) is 5.73 Å². The number of fused-ring (bicyclic) bond motifs is 1. The number of pyridine rings is 1. The van der Waals surface area contributed by atoms with E-state index in [9.17, 15) is 9.18 Å². The molecular formula is C15H15FN4O. The van der Waals surface area contributed by atoms with Gasteiger partial charge >= 0.3 is 0 Å².